The van der Waals surface area contributed by atoms with Crippen LogP contribution in [0.15, 0.2) is 35.5 Å². The zero-order valence-corrected chi connectivity index (χ0v) is 15.8. The lowest BCUT2D eigenvalue weighted by atomic mass is 9.84. The fourth-order valence-electron chi connectivity index (χ4n) is 3.35. The minimum Gasteiger partial charge on any atom is -0.550 e. The molecule has 0 heterocycles. The maximum atomic E-state index is 10.3. The molecule has 6 heteroatoms. The average Bonchev–Trinajstić information content (AvgIpc) is 2.65. The van der Waals surface area contributed by atoms with Gasteiger partial charge >= 0.3 is 0 Å². The number of nitrogens with zero attached hydrogens (tertiary/aromatic N) is 1. The highest BCUT2D eigenvalue weighted by Gasteiger charge is 2.22. The number of oxime groups is 1. The van der Waals surface area contributed by atoms with Gasteiger partial charge in [0.2, 0.25) is 0 Å². The van der Waals surface area contributed by atoms with Crippen LogP contribution < -0.4 is 10.4 Å². The molecule has 1 saturated carbocycles. The third-order valence-electron chi connectivity index (χ3n) is 4.78. The second kappa shape index (κ2) is 12.4. The molecule has 0 aromatic heterocycles. The van der Waals surface area contributed by atoms with E-state index in [2.05, 4.69) is 10.5 Å². The lowest BCUT2D eigenvalue weighted by molar-refractivity contribution is -0.693. The quantitative estimate of drug-likeness (QED) is 0.384. The van der Waals surface area contributed by atoms with E-state index in [4.69, 9.17) is 9.90 Å². The zero-order chi connectivity index (χ0) is 19.4. The number of carbonyl (C=O) groups is 1. The minimum absolute atomic E-state index is 0.0914. The maximum absolute atomic E-state index is 10.3. The smallest absolute Gasteiger partial charge is 0.130 e. The third kappa shape index (κ3) is 8.45. The first-order chi connectivity index (χ1) is 12.5. The highest BCUT2D eigenvalue weighted by molar-refractivity contribution is 5.86. The van der Waals surface area contributed by atoms with E-state index in [9.17, 15) is 10.3 Å². The number of rotatable bonds is 7. The molecular formula is C20H32N2O4. The van der Waals surface area contributed by atoms with Crippen LogP contribution in [0.3, 0.4) is 0 Å². The molecule has 0 amide bonds. The van der Waals surface area contributed by atoms with Gasteiger partial charge in [0, 0.05) is 18.3 Å². The van der Waals surface area contributed by atoms with Crippen LogP contribution in [-0.4, -0.2) is 34.6 Å². The molecule has 0 bridgehead atoms. The Morgan fingerprint density at radius 3 is 2.38 bits per heavy atom. The van der Waals surface area contributed by atoms with Gasteiger partial charge in [0.15, 0.2) is 0 Å². The van der Waals surface area contributed by atoms with Gasteiger partial charge in [-0.15, -0.1) is 0 Å². The van der Waals surface area contributed by atoms with Crippen molar-refractivity contribution in [2.45, 2.75) is 64.5 Å². The van der Waals surface area contributed by atoms with Gasteiger partial charge in [-0.25, -0.2) is 0 Å². The highest BCUT2D eigenvalue weighted by atomic mass is 16.4. The van der Waals surface area contributed by atoms with E-state index >= 15 is 0 Å². The van der Waals surface area contributed by atoms with E-state index in [1.807, 2.05) is 37.3 Å². The van der Waals surface area contributed by atoms with Crippen LogP contribution in [-0.2, 0) is 4.79 Å². The summed E-state index contributed by atoms with van der Waals surface area (Å²) in [4.78, 5) is 8.89. The Bertz CT molecular complexity index is 538. The number of carboxylic acids is 1. The Morgan fingerprint density at radius 2 is 1.85 bits per heavy atom. The number of aliphatic hydroxyl groups excluding tert-OH is 1. The molecule has 0 aliphatic heterocycles. The maximum Gasteiger partial charge on any atom is 0.130 e. The molecule has 26 heavy (non-hydrogen) atoms. The molecule has 0 radical (unpaired) electrons. The standard InChI is InChI=1S/C18H28N2O2.C2H4O2/c1-14(18(21)16-10-6-3-7-11-16)19-13-12-17(20-22)15-8-4-2-5-9-15;1-2(3)4/h3,6-7,10-11,14-15,18-19,21-22H,2,4-5,8-9,12-13H2,1H3;1H3,(H,3,4)/b20-17+;. The van der Waals surface area contributed by atoms with E-state index < -0.39 is 12.1 Å². The summed E-state index contributed by atoms with van der Waals surface area (Å²) in [5, 5.41) is 34.2. The molecule has 1 aliphatic carbocycles. The van der Waals surface area contributed by atoms with Gasteiger partial charge in [-0.2, -0.15) is 0 Å². The van der Waals surface area contributed by atoms with E-state index in [-0.39, 0.29) is 6.04 Å². The van der Waals surface area contributed by atoms with Crippen LogP contribution in [0.5, 0.6) is 0 Å². The van der Waals surface area contributed by atoms with Crippen molar-refractivity contribution in [2.24, 2.45) is 11.1 Å². The summed E-state index contributed by atoms with van der Waals surface area (Å²) in [5.74, 6) is -0.624. The van der Waals surface area contributed by atoms with Crippen molar-refractivity contribution in [1.29, 1.82) is 0 Å². The molecule has 2 atom stereocenters. The fourth-order valence-corrected chi connectivity index (χ4v) is 3.35. The van der Waals surface area contributed by atoms with Crippen molar-refractivity contribution in [2.75, 3.05) is 6.54 Å². The van der Waals surface area contributed by atoms with E-state index in [0.29, 0.717) is 5.92 Å². The Hall–Kier alpha value is -1.92. The Labute approximate surface area is 155 Å². The normalized spacial score (nSPS) is 17.7. The number of carbonyl (C=O) groups excluding carboxylic acids is 1. The summed E-state index contributed by atoms with van der Waals surface area (Å²) in [7, 11) is 0. The van der Waals surface area contributed by atoms with Gasteiger partial charge < -0.3 is 25.5 Å². The number of quaternary nitrogens is 1. The van der Waals surface area contributed by atoms with E-state index in [1.54, 1.807) is 0 Å². The van der Waals surface area contributed by atoms with E-state index in [0.717, 1.165) is 44.0 Å². The molecule has 2 rings (SSSR count). The number of carboxylic acid groups (broad SMARTS) is 1. The lowest BCUT2D eigenvalue weighted by Crippen LogP contribution is -2.90. The van der Waals surface area contributed by atoms with Gasteiger partial charge in [0.25, 0.3) is 0 Å². The summed E-state index contributed by atoms with van der Waals surface area (Å²) in [5.41, 5.74) is 1.90. The molecule has 146 valence electrons. The van der Waals surface area contributed by atoms with Gasteiger partial charge in [-0.05, 0) is 32.3 Å². The monoisotopic (exact) mass is 364 g/mol. The highest BCUT2D eigenvalue weighted by Crippen LogP contribution is 2.25. The molecule has 1 fully saturated rings. The predicted molar refractivity (Wildman–Crippen MR) is 98.8 cm³/mol. The first kappa shape index (κ1) is 22.1. The van der Waals surface area contributed by atoms with Gasteiger partial charge in [-0.3, -0.25) is 0 Å². The van der Waals surface area contributed by atoms with Crippen molar-refractivity contribution in [3.8, 4) is 0 Å². The summed E-state index contributed by atoms with van der Waals surface area (Å²) in [6.07, 6.45) is 6.44. The molecule has 0 spiro atoms. The largest absolute Gasteiger partial charge is 0.550 e. The van der Waals surface area contributed by atoms with Crippen LogP contribution >= 0.6 is 0 Å². The first-order valence-corrected chi connectivity index (χ1v) is 9.40. The summed E-state index contributed by atoms with van der Waals surface area (Å²) < 4.78 is 0. The summed E-state index contributed by atoms with van der Waals surface area (Å²) in [6.45, 7) is 3.86. The van der Waals surface area contributed by atoms with Crippen LogP contribution in [0, 0.1) is 5.92 Å². The van der Waals surface area contributed by atoms with E-state index in [1.165, 1.54) is 19.3 Å². The molecule has 2 unspecified atom stereocenters. The molecular weight excluding hydrogens is 332 g/mol. The topological polar surface area (TPSA) is 110 Å². The average molecular weight is 364 g/mol. The molecule has 4 N–H and O–H groups in total. The van der Waals surface area contributed by atoms with Gasteiger partial charge in [-0.1, -0.05) is 54.8 Å². The fraction of sp³-hybridized carbons (Fsp3) is 0.600. The summed E-state index contributed by atoms with van der Waals surface area (Å²) >= 11 is 0. The Morgan fingerprint density at radius 1 is 1.27 bits per heavy atom. The number of aliphatic carboxylic acids is 1. The van der Waals surface area contributed by atoms with Gasteiger partial charge in [0.05, 0.1) is 12.3 Å². The van der Waals surface area contributed by atoms with Crippen LogP contribution in [0.1, 0.15) is 64.0 Å². The number of benzene rings is 1. The molecule has 1 aromatic carbocycles. The second-order valence-electron chi connectivity index (χ2n) is 6.91. The van der Waals surface area contributed by atoms with Crippen molar-refractivity contribution in [3.05, 3.63) is 35.9 Å². The van der Waals surface area contributed by atoms with Crippen molar-refractivity contribution in [1.82, 2.24) is 0 Å². The molecule has 1 aliphatic rings. The predicted octanol–water partition coefficient (Wildman–Crippen LogP) is 1.23. The molecule has 0 saturated heterocycles. The zero-order valence-electron chi connectivity index (χ0n) is 15.8. The second-order valence-corrected chi connectivity index (χ2v) is 6.91. The van der Waals surface area contributed by atoms with Crippen LogP contribution in [0.2, 0.25) is 0 Å². The SMILES string of the molecule is CC(=O)[O-].CC([NH2+]CC/C(=N\O)C1CCCCC1)C(O)c1ccccc1. The van der Waals surface area contributed by atoms with Gasteiger partial charge in [0.1, 0.15) is 12.1 Å². The third-order valence-corrected chi connectivity index (χ3v) is 4.78. The summed E-state index contributed by atoms with van der Waals surface area (Å²) in [6, 6.07) is 9.86. The minimum atomic E-state index is -1.08. The van der Waals surface area contributed by atoms with Crippen molar-refractivity contribution >= 4 is 11.7 Å². The number of hydrogen-bond acceptors (Lipinski definition) is 5. The van der Waals surface area contributed by atoms with Crippen LogP contribution in [0.4, 0.5) is 0 Å². The number of hydrogen-bond donors (Lipinski definition) is 3. The first-order valence-electron chi connectivity index (χ1n) is 9.40. The van der Waals surface area contributed by atoms with Crippen molar-refractivity contribution in [3.63, 3.8) is 0 Å². The Kier molecular flexibility index (Phi) is 10.6. The molecule has 1 aromatic rings. The van der Waals surface area contributed by atoms with Crippen LogP contribution in [0.25, 0.3) is 0 Å². The number of aliphatic hydroxyl groups is 1. The number of nitrogens with two attached hydrogens (primary N) is 1. The van der Waals surface area contributed by atoms with Crippen molar-refractivity contribution < 1.29 is 25.5 Å². The molecule has 6 nitrogen and oxygen atoms in total. The Balaban J connectivity index is 0.000000765. The lowest BCUT2D eigenvalue weighted by Gasteiger charge is -2.23.